The molecule has 1 heterocycles. The predicted molar refractivity (Wildman–Crippen MR) is 69.6 cm³/mol. The molecule has 0 radical (unpaired) electrons. The van der Waals surface area contributed by atoms with Crippen molar-refractivity contribution in [2.75, 3.05) is 5.73 Å². The summed E-state index contributed by atoms with van der Waals surface area (Å²) in [5.74, 6) is 0.414. The van der Waals surface area contributed by atoms with E-state index in [-0.39, 0.29) is 11.4 Å². The molecule has 3 nitrogen and oxygen atoms in total. The molecule has 0 atom stereocenters. The SMILES string of the molecule is Cc1ccc(C)c(Oc2cc(C(F)(F)F)ncc2N)c1. The van der Waals surface area contributed by atoms with Gasteiger partial charge in [0.1, 0.15) is 11.4 Å². The van der Waals surface area contributed by atoms with Gasteiger partial charge in [-0.1, -0.05) is 12.1 Å². The molecule has 1 aromatic carbocycles. The van der Waals surface area contributed by atoms with Gasteiger partial charge in [-0.2, -0.15) is 13.2 Å². The summed E-state index contributed by atoms with van der Waals surface area (Å²) in [5, 5.41) is 0. The van der Waals surface area contributed by atoms with Crippen LogP contribution in [-0.4, -0.2) is 4.98 Å². The first-order chi connectivity index (χ1) is 9.27. The highest BCUT2D eigenvalue weighted by Gasteiger charge is 2.33. The van der Waals surface area contributed by atoms with Crippen LogP contribution in [0.4, 0.5) is 18.9 Å². The van der Waals surface area contributed by atoms with Crippen molar-refractivity contribution in [3.8, 4) is 11.5 Å². The average Bonchev–Trinajstić information content (AvgIpc) is 2.35. The van der Waals surface area contributed by atoms with E-state index in [9.17, 15) is 13.2 Å². The lowest BCUT2D eigenvalue weighted by molar-refractivity contribution is -0.141. The van der Waals surface area contributed by atoms with Crippen molar-refractivity contribution in [1.82, 2.24) is 4.98 Å². The molecule has 0 fully saturated rings. The van der Waals surface area contributed by atoms with Crippen molar-refractivity contribution < 1.29 is 17.9 Å². The van der Waals surface area contributed by atoms with E-state index in [4.69, 9.17) is 10.5 Å². The molecule has 0 unspecified atom stereocenters. The molecule has 0 saturated heterocycles. The molecule has 2 N–H and O–H groups in total. The van der Waals surface area contributed by atoms with E-state index >= 15 is 0 Å². The summed E-state index contributed by atoms with van der Waals surface area (Å²) in [6.45, 7) is 3.67. The molecule has 0 spiro atoms. The van der Waals surface area contributed by atoms with Gasteiger partial charge in [0.25, 0.3) is 0 Å². The Bertz CT molecular complexity index is 639. The maximum absolute atomic E-state index is 12.6. The number of hydrogen-bond donors (Lipinski definition) is 1. The minimum atomic E-state index is -4.53. The van der Waals surface area contributed by atoms with Crippen LogP contribution in [0.5, 0.6) is 11.5 Å². The van der Waals surface area contributed by atoms with E-state index < -0.39 is 11.9 Å². The van der Waals surface area contributed by atoms with Gasteiger partial charge in [0.15, 0.2) is 5.75 Å². The van der Waals surface area contributed by atoms with Crippen LogP contribution in [0.1, 0.15) is 16.8 Å². The van der Waals surface area contributed by atoms with Crippen molar-refractivity contribution >= 4 is 5.69 Å². The van der Waals surface area contributed by atoms with Crippen LogP contribution >= 0.6 is 0 Å². The maximum atomic E-state index is 12.6. The van der Waals surface area contributed by atoms with Crippen LogP contribution in [0.15, 0.2) is 30.5 Å². The lowest BCUT2D eigenvalue weighted by Crippen LogP contribution is -2.08. The maximum Gasteiger partial charge on any atom is 0.433 e. The molecule has 0 amide bonds. The third-order valence-corrected chi connectivity index (χ3v) is 2.75. The number of nitrogen functional groups attached to an aromatic ring is 1. The van der Waals surface area contributed by atoms with E-state index in [1.54, 1.807) is 13.0 Å². The number of anilines is 1. The largest absolute Gasteiger partial charge is 0.455 e. The molecular formula is C14H13F3N2O. The van der Waals surface area contributed by atoms with Crippen LogP contribution in [0.3, 0.4) is 0 Å². The van der Waals surface area contributed by atoms with E-state index in [0.717, 1.165) is 23.4 Å². The zero-order valence-electron chi connectivity index (χ0n) is 11.0. The molecule has 1 aromatic heterocycles. The Kier molecular flexibility index (Phi) is 3.57. The molecule has 2 rings (SSSR count). The molecular weight excluding hydrogens is 269 g/mol. The summed E-state index contributed by atoms with van der Waals surface area (Å²) >= 11 is 0. The first kappa shape index (κ1) is 14.2. The Morgan fingerprint density at radius 1 is 1.10 bits per heavy atom. The van der Waals surface area contributed by atoms with Crippen LogP contribution in [0.2, 0.25) is 0 Å². The topological polar surface area (TPSA) is 48.1 Å². The van der Waals surface area contributed by atoms with Gasteiger partial charge in [-0.25, -0.2) is 4.98 Å². The van der Waals surface area contributed by atoms with Gasteiger partial charge in [-0.05, 0) is 31.0 Å². The number of rotatable bonds is 2. The van der Waals surface area contributed by atoms with Gasteiger partial charge < -0.3 is 10.5 Å². The molecule has 0 saturated carbocycles. The minimum absolute atomic E-state index is 0.0545. The first-order valence-electron chi connectivity index (χ1n) is 5.85. The third-order valence-electron chi connectivity index (χ3n) is 2.75. The van der Waals surface area contributed by atoms with E-state index in [1.165, 1.54) is 0 Å². The van der Waals surface area contributed by atoms with Crippen molar-refractivity contribution in [3.05, 3.63) is 47.3 Å². The fourth-order valence-corrected chi connectivity index (χ4v) is 1.63. The van der Waals surface area contributed by atoms with Gasteiger partial charge in [-0.3, -0.25) is 0 Å². The minimum Gasteiger partial charge on any atom is -0.455 e. The molecule has 0 aliphatic carbocycles. The number of ether oxygens (including phenoxy) is 1. The lowest BCUT2D eigenvalue weighted by atomic mass is 10.1. The summed E-state index contributed by atoms with van der Waals surface area (Å²) in [4.78, 5) is 3.26. The standard InChI is InChI=1S/C14H13F3N2O/c1-8-3-4-9(2)11(5-8)20-12-6-13(14(15,16)17)19-7-10(12)18/h3-7H,18H2,1-2H3. The average molecular weight is 282 g/mol. The van der Waals surface area contributed by atoms with Gasteiger partial charge in [0.05, 0.1) is 11.9 Å². The van der Waals surface area contributed by atoms with Crippen molar-refractivity contribution in [3.63, 3.8) is 0 Å². The van der Waals surface area contributed by atoms with E-state index in [1.807, 2.05) is 19.1 Å². The second-order valence-corrected chi connectivity index (χ2v) is 4.48. The fourth-order valence-electron chi connectivity index (χ4n) is 1.63. The summed E-state index contributed by atoms with van der Waals surface area (Å²) in [5.41, 5.74) is 6.38. The van der Waals surface area contributed by atoms with Crippen LogP contribution in [0.25, 0.3) is 0 Å². The van der Waals surface area contributed by atoms with Crippen molar-refractivity contribution in [2.24, 2.45) is 0 Å². The van der Waals surface area contributed by atoms with Crippen molar-refractivity contribution in [1.29, 1.82) is 0 Å². The van der Waals surface area contributed by atoms with E-state index in [0.29, 0.717) is 5.75 Å². The second kappa shape index (κ2) is 5.03. The molecule has 0 bridgehead atoms. The molecule has 106 valence electrons. The molecule has 0 aliphatic heterocycles. The fraction of sp³-hybridized carbons (Fsp3) is 0.214. The Balaban J connectivity index is 2.40. The number of hydrogen-bond acceptors (Lipinski definition) is 3. The third kappa shape index (κ3) is 3.01. The summed E-state index contributed by atoms with van der Waals surface area (Å²) in [6, 6.07) is 6.26. The number of pyridine rings is 1. The van der Waals surface area contributed by atoms with Gasteiger partial charge in [0, 0.05) is 6.07 Å². The number of benzene rings is 1. The highest BCUT2D eigenvalue weighted by Crippen LogP contribution is 2.35. The Morgan fingerprint density at radius 2 is 1.80 bits per heavy atom. The van der Waals surface area contributed by atoms with Crippen LogP contribution in [0, 0.1) is 13.8 Å². The quantitative estimate of drug-likeness (QED) is 0.902. The number of alkyl halides is 3. The Hall–Kier alpha value is -2.24. The monoisotopic (exact) mass is 282 g/mol. The zero-order chi connectivity index (χ0) is 14.9. The zero-order valence-corrected chi connectivity index (χ0v) is 11.0. The smallest absolute Gasteiger partial charge is 0.433 e. The predicted octanol–water partition coefficient (Wildman–Crippen LogP) is 4.09. The molecule has 0 aliphatic rings. The Labute approximate surface area is 114 Å². The number of halogens is 3. The number of nitrogens with two attached hydrogens (primary N) is 1. The number of aromatic nitrogens is 1. The highest BCUT2D eigenvalue weighted by atomic mass is 19.4. The summed E-state index contributed by atoms with van der Waals surface area (Å²) in [7, 11) is 0. The summed E-state index contributed by atoms with van der Waals surface area (Å²) in [6.07, 6.45) is -3.59. The Morgan fingerprint density at radius 3 is 2.45 bits per heavy atom. The van der Waals surface area contributed by atoms with Crippen LogP contribution in [-0.2, 0) is 6.18 Å². The van der Waals surface area contributed by atoms with E-state index in [2.05, 4.69) is 4.98 Å². The normalized spacial score (nSPS) is 11.4. The number of aryl methyl sites for hydroxylation is 2. The van der Waals surface area contributed by atoms with Crippen LogP contribution < -0.4 is 10.5 Å². The lowest BCUT2D eigenvalue weighted by Gasteiger charge is -2.13. The number of nitrogens with zero attached hydrogens (tertiary/aromatic N) is 1. The molecule has 20 heavy (non-hydrogen) atoms. The van der Waals surface area contributed by atoms with Gasteiger partial charge in [-0.15, -0.1) is 0 Å². The molecule has 2 aromatic rings. The van der Waals surface area contributed by atoms with Crippen molar-refractivity contribution in [2.45, 2.75) is 20.0 Å². The van der Waals surface area contributed by atoms with Gasteiger partial charge in [0.2, 0.25) is 0 Å². The highest BCUT2D eigenvalue weighted by molar-refractivity contribution is 5.54. The second-order valence-electron chi connectivity index (χ2n) is 4.48. The molecule has 6 heteroatoms. The first-order valence-corrected chi connectivity index (χ1v) is 5.85. The van der Waals surface area contributed by atoms with Gasteiger partial charge >= 0.3 is 6.18 Å². The summed E-state index contributed by atoms with van der Waals surface area (Å²) < 4.78 is 43.4.